The number of carboxylic acid groups (broad SMARTS) is 1. The Bertz CT molecular complexity index is 330. The van der Waals surface area contributed by atoms with Gasteiger partial charge in [-0.2, -0.15) is 0 Å². The Morgan fingerprint density at radius 1 is 1.33 bits per heavy atom. The van der Waals surface area contributed by atoms with Crippen LogP contribution in [0, 0.1) is 5.92 Å². The molecule has 1 aromatic carbocycles. The van der Waals surface area contributed by atoms with Crippen LogP contribution in [0.4, 0.5) is 0 Å². The molecule has 0 saturated carbocycles. The van der Waals surface area contributed by atoms with E-state index in [1.807, 2.05) is 24.3 Å². The van der Waals surface area contributed by atoms with Crippen LogP contribution >= 0.6 is 15.9 Å². The van der Waals surface area contributed by atoms with Crippen LogP contribution in [0.1, 0.15) is 31.7 Å². The molecule has 15 heavy (non-hydrogen) atoms. The minimum absolute atomic E-state index is 0.0931. The number of carbonyl (C=O) groups is 1. The standard InChI is InChI=1S/C12H15BrO2/c1-8(2)11(7-12(14)15)9-3-5-10(13)6-4-9/h3-6,8,11H,7H2,1-2H3,(H,14,15). The van der Waals surface area contributed by atoms with E-state index in [0.29, 0.717) is 5.92 Å². The van der Waals surface area contributed by atoms with Crippen molar-refractivity contribution in [3.8, 4) is 0 Å². The van der Waals surface area contributed by atoms with E-state index in [0.717, 1.165) is 10.0 Å². The maximum Gasteiger partial charge on any atom is 0.303 e. The Hall–Kier alpha value is -0.830. The van der Waals surface area contributed by atoms with Crippen LogP contribution in [-0.4, -0.2) is 11.1 Å². The van der Waals surface area contributed by atoms with Crippen molar-refractivity contribution in [1.82, 2.24) is 0 Å². The van der Waals surface area contributed by atoms with Crippen LogP contribution in [-0.2, 0) is 4.79 Å². The third-order valence-corrected chi connectivity index (χ3v) is 3.03. The molecular weight excluding hydrogens is 256 g/mol. The smallest absolute Gasteiger partial charge is 0.303 e. The molecule has 0 aromatic heterocycles. The molecule has 0 fully saturated rings. The molecule has 3 heteroatoms. The van der Waals surface area contributed by atoms with Crippen LogP contribution in [0.2, 0.25) is 0 Å². The molecule has 1 atom stereocenters. The molecule has 2 nitrogen and oxygen atoms in total. The van der Waals surface area contributed by atoms with E-state index in [1.165, 1.54) is 0 Å². The monoisotopic (exact) mass is 270 g/mol. The minimum Gasteiger partial charge on any atom is -0.481 e. The van der Waals surface area contributed by atoms with Crippen LogP contribution < -0.4 is 0 Å². The van der Waals surface area contributed by atoms with E-state index < -0.39 is 5.97 Å². The van der Waals surface area contributed by atoms with Gasteiger partial charge in [0.2, 0.25) is 0 Å². The molecule has 1 N–H and O–H groups in total. The van der Waals surface area contributed by atoms with Gasteiger partial charge in [0, 0.05) is 4.47 Å². The summed E-state index contributed by atoms with van der Waals surface area (Å²) in [5.74, 6) is -0.311. The van der Waals surface area contributed by atoms with Gasteiger partial charge in [0.1, 0.15) is 0 Å². The van der Waals surface area contributed by atoms with Gasteiger partial charge in [0.05, 0.1) is 6.42 Å². The first-order valence-corrected chi connectivity index (χ1v) is 5.77. The lowest BCUT2D eigenvalue weighted by atomic mass is 9.86. The highest BCUT2D eigenvalue weighted by molar-refractivity contribution is 9.10. The number of carboxylic acids is 1. The number of halogens is 1. The van der Waals surface area contributed by atoms with Crippen molar-refractivity contribution >= 4 is 21.9 Å². The average molecular weight is 271 g/mol. The lowest BCUT2D eigenvalue weighted by Crippen LogP contribution is -2.12. The molecule has 0 radical (unpaired) electrons. The molecule has 0 bridgehead atoms. The predicted molar refractivity (Wildman–Crippen MR) is 64.0 cm³/mol. The molecule has 1 aromatic rings. The maximum absolute atomic E-state index is 10.7. The largest absolute Gasteiger partial charge is 0.481 e. The molecule has 0 aliphatic heterocycles. The van der Waals surface area contributed by atoms with E-state index in [-0.39, 0.29) is 12.3 Å². The third-order valence-electron chi connectivity index (χ3n) is 2.50. The zero-order valence-corrected chi connectivity index (χ0v) is 10.5. The fourth-order valence-electron chi connectivity index (χ4n) is 1.64. The van der Waals surface area contributed by atoms with Crippen molar-refractivity contribution in [2.24, 2.45) is 5.92 Å². The second kappa shape index (κ2) is 5.31. The molecular formula is C12H15BrO2. The van der Waals surface area contributed by atoms with E-state index in [1.54, 1.807) is 0 Å². The van der Waals surface area contributed by atoms with Crippen molar-refractivity contribution in [3.63, 3.8) is 0 Å². The van der Waals surface area contributed by atoms with Crippen molar-refractivity contribution in [2.45, 2.75) is 26.2 Å². The molecule has 0 aliphatic rings. The molecule has 1 unspecified atom stereocenters. The molecule has 0 saturated heterocycles. The van der Waals surface area contributed by atoms with Gasteiger partial charge in [-0.25, -0.2) is 0 Å². The van der Waals surface area contributed by atoms with Gasteiger partial charge in [-0.1, -0.05) is 41.9 Å². The molecule has 82 valence electrons. The van der Waals surface area contributed by atoms with Gasteiger partial charge in [-0.05, 0) is 29.5 Å². The topological polar surface area (TPSA) is 37.3 Å². The van der Waals surface area contributed by atoms with Crippen molar-refractivity contribution in [3.05, 3.63) is 34.3 Å². The maximum atomic E-state index is 10.7. The van der Waals surface area contributed by atoms with Crippen LogP contribution in [0.3, 0.4) is 0 Å². The highest BCUT2D eigenvalue weighted by Gasteiger charge is 2.18. The SMILES string of the molecule is CC(C)C(CC(=O)O)c1ccc(Br)cc1. The first-order chi connectivity index (χ1) is 7.00. The van der Waals surface area contributed by atoms with Gasteiger partial charge >= 0.3 is 5.97 Å². The highest BCUT2D eigenvalue weighted by Crippen LogP contribution is 2.28. The number of hydrogen-bond donors (Lipinski definition) is 1. The average Bonchev–Trinajstić information content (AvgIpc) is 2.15. The molecule has 0 heterocycles. The van der Waals surface area contributed by atoms with Crippen molar-refractivity contribution in [1.29, 1.82) is 0 Å². The summed E-state index contributed by atoms with van der Waals surface area (Å²) in [6, 6.07) is 7.87. The first-order valence-electron chi connectivity index (χ1n) is 4.98. The number of aliphatic carboxylic acids is 1. The Morgan fingerprint density at radius 2 is 1.87 bits per heavy atom. The van der Waals surface area contributed by atoms with E-state index in [4.69, 9.17) is 5.11 Å². The highest BCUT2D eigenvalue weighted by atomic mass is 79.9. The molecule has 0 amide bonds. The van der Waals surface area contributed by atoms with Crippen LogP contribution in [0.25, 0.3) is 0 Å². The zero-order valence-electron chi connectivity index (χ0n) is 8.90. The second-order valence-electron chi connectivity index (χ2n) is 4.00. The summed E-state index contributed by atoms with van der Waals surface area (Å²) in [6.45, 7) is 4.10. The summed E-state index contributed by atoms with van der Waals surface area (Å²) in [5, 5.41) is 8.84. The summed E-state index contributed by atoms with van der Waals surface area (Å²) in [6.07, 6.45) is 0.194. The van der Waals surface area contributed by atoms with Gasteiger partial charge < -0.3 is 5.11 Å². The Morgan fingerprint density at radius 3 is 2.27 bits per heavy atom. The summed E-state index contributed by atoms with van der Waals surface area (Å²) >= 11 is 3.37. The van der Waals surface area contributed by atoms with Gasteiger partial charge in [0.15, 0.2) is 0 Å². The van der Waals surface area contributed by atoms with E-state index >= 15 is 0 Å². The Labute approximate surface area is 98.4 Å². The summed E-state index contributed by atoms with van der Waals surface area (Å²) < 4.78 is 1.02. The fraction of sp³-hybridized carbons (Fsp3) is 0.417. The van der Waals surface area contributed by atoms with Crippen molar-refractivity contribution < 1.29 is 9.90 Å². The van der Waals surface area contributed by atoms with E-state index in [2.05, 4.69) is 29.8 Å². The third kappa shape index (κ3) is 3.67. The van der Waals surface area contributed by atoms with E-state index in [9.17, 15) is 4.79 Å². The Balaban J connectivity index is 2.88. The summed E-state index contributed by atoms with van der Waals surface area (Å²) in [7, 11) is 0. The predicted octanol–water partition coefficient (Wildman–Crippen LogP) is 3.66. The lowest BCUT2D eigenvalue weighted by Gasteiger charge is -2.19. The minimum atomic E-state index is -0.739. The Kier molecular flexibility index (Phi) is 4.33. The lowest BCUT2D eigenvalue weighted by molar-refractivity contribution is -0.137. The zero-order chi connectivity index (χ0) is 11.4. The second-order valence-corrected chi connectivity index (χ2v) is 4.92. The first kappa shape index (κ1) is 12.2. The van der Waals surface area contributed by atoms with Crippen LogP contribution in [0.15, 0.2) is 28.7 Å². The molecule has 0 spiro atoms. The molecule has 1 rings (SSSR count). The van der Waals surface area contributed by atoms with Gasteiger partial charge in [0.25, 0.3) is 0 Å². The van der Waals surface area contributed by atoms with Gasteiger partial charge in [-0.15, -0.1) is 0 Å². The number of rotatable bonds is 4. The fourth-order valence-corrected chi connectivity index (χ4v) is 1.90. The van der Waals surface area contributed by atoms with Crippen molar-refractivity contribution in [2.75, 3.05) is 0 Å². The summed E-state index contributed by atoms with van der Waals surface area (Å²) in [5.41, 5.74) is 1.09. The quantitative estimate of drug-likeness (QED) is 0.907. The van der Waals surface area contributed by atoms with Crippen LogP contribution in [0.5, 0.6) is 0 Å². The summed E-state index contributed by atoms with van der Waals surface area (Å²) in [4.78, 5) is 10.7. The molecule has 0 aliphatic carbocycles. The number of hydrogen-bond acceptors (Lipinski definition) is 1. The number of benzene rings is 1. The normalized spacial score (nSPS) is 12.8. The van der Waals surface area contributed by atoms with Gasteiger partial charge in [-0.3, -0.25) is 4.79 Å².